The smallest absolute Gasteiger partial charge is 0.243 e. The van der Waals surface area contributed by atoms with Gasteiger partial charge in [0.25, 0.3) is 0 Å². The molecule has 7 heteroatoms. The van der Waals surface area contributed by atoms with Crippen molar-refractivity contribution in [1.82, 2.24) is 14.9 Å². The Morgan fingerprint density at radius 3 is 2.50 bits per heavy atom. The summed E-state index contributed by atoms with van der Waals surface area (Å²) in [4.78, 5) is 5.05. The number of guanidine groups is 1. The molecule has 0 spiro atoms. The number of piperidine rings is 1. The van der Waals surface area contributed by atoms with Crippen molar-refractivity contribution in [2.75, 3.05) is 19.6 Å². The molecule has 0 aromatic heterocycles. The molecular formula is C21H34N4O2S. The maximum absolute atomic E-state index is 12.9. The van der Waals surface area contributed by atoms with Gasteiger partial charge in [0.2, 0.25) is 10.0 Å². The van der Waals surface area contributed by atoms with Gasteiger partial charge in [-0.2, -0.15) is 4.31 Å². The molecule has 3 rings (SSSR count). The quantitative estimate of drug-likeness (QED) is 0.562. The highest BCUT2D eigenvalue weighted by atomic mass is 32.2. The molecule has 1 aromatic carbocycles. The standard InChI is InChI=1S/C21H34N4O2S/c1-3-22-21(24-19-8-4-5-9-19)23-15-18-10-12-20(13-11-18)28(26,27)25-14-6-7-17(2)16-25/h10-13,17,19H,3-9,14-16H2,1-2H3,(H2,22,23,24). The molecule has 0 amide bonds. The fraction of sp³-hybridized carbons (Fsp3) is 0.667. The van der Waals surface area contributed by atoms with E-state index in [-0.39, 0.29) is 0 Å². The molecule has 0 radical (unpaired) electrons. The molecule has 1 atom stereocenters. The Kier molecular flexibility index (Phi) is 7.35. The number of hydrogen-bond donors (Lipinski definition) is 2. The molecule has 1 unspecified atom stereocenters. The lowest BCUT2D eigenvalue weighted by Gasteiger charge is -2.30. The van der Waals surface area contributed by atoms with Gasteiger partial charge in [0.15, 0.2) is 5.96 Å². The molecule has 6 nitrogen and oxygen atoms in total. The van der Waals surface area contributed by atoms with Crippen molar-refractivity contribution in [3.05, 3.63) is 29.8 Å². The minimum atomic E-state index is -3.39. The van der Waals surface area contributed by atoms with Crippen molar-refractivity contribution >= 4 is 16.0 Å². The Bertz CT molecular complexity index is 755. The Morgan fingerprint density at radius 1 is 1.14 bits per heavy atom. The molecule has 156 valence electrons. The summed E-state index contributed by atoms with van der Waals surface area (Å²) in [6, 6.07) is 7.71. The number of rotatable bonds is 6. The summed E-state index contributed by atoms with van der Waals surface area (Å²) < 4.78 is 27.4. The van der Waals surface area contributed by atoms with E-state index in [2.05, 4.69) is 29.5 Å². The monoisotopic (exact) mass is 406 g/mol. The predicted molar refractivity (Wildman–Crippen MR) is 114 cm³/mol. The molecule has 28 heavy (non-hydrogen) atoms. The van der Waals surface area contributed by atoms with E-state index in [1.807, 2.05) is 12.1 Å². The highest BCUT2D eigenvalue weighted by Gasteiger charge is 2.28. The van der Waals surface area contributed by atoms with Crippen LogP contribution >= 0.6 is 0 Å². The summed E-state index contributed by atoms with van der Waals surface area (Å²) >= 11 is 0. The first-order chi connectivity index (χ1) is 13.5. The first kappa shape index (κ1) is 21.1. The average Bonchev–Trinajstić information content (AvgIpc) is 3.20. The Morgan fingerprint density at radius 2 is 1.86 bits per heavy atom. The van der Waals surface area contributed by atoms with E-state index in [1.54, 1.807) is 16.4 Å². The van der Waals surface area contributed by atoms with Crippen LogP contribution in [0, 0.1) is 5.92 Å². The first-order valence-electron chi connectivity index (χ1n) is 10.6. The normalized spacial score (nSPS) is 22.4. The van der Waals surface area contributed by atoms with E-state index in [4.69, 9.17) is 0 Å². The number of aliphatic imine (C=N–C) groups is 1. The van der Waals surface area contributed by atoms with Gasteiger partial charge >= 0.3 is 0 Å². The fourth-order valence-corrected chi connectivity index (χ4v) is 5.63. The SMILES string of the molecule is CCNC(=NCc1ccc(S(=O)(=O)N2CCCC(C)C2)cc1)NC1CCCC1. The van der Waals surface area contributed by atoms with E-state index in [0.29, 0.717) is 36.5 Å². The number of hydrogen-bond acceptors (Lipinski definition) is 3. The van der Waals surface area contributed by atoms with Crippen molar-refractivity contribution in [2.24, 2.45) is 10.9 Å². The summed E-state index contributed by atoms with van der Waals surface area (Å²) in [6.07, 6.45) is 7.00. The van der Waals surface area contributed by atoms with Gasteiger partial charge in [0.1, 0.15) is 0 Å². The summed E-state index contributed by atoms with van der Waals surface area (Å²) in [5.41, 5.74) is 1.01. The average molecular weight is 407 g/mol. The lowest BCUT2D eigenvalue weighted by atomic mass is 10.0. The van der Waals surface area contributed by atoms with E-state index >= 15 is 0 Å². The molecule has 1 heterocycles. The Balaban J connectivity index is 1.64. The molecule has 1 aliphatic heterocycles. The maximum atomic E-state index is 12.9. The third-order valence-electron chi connectivity index (χ3n) is 5.64. The zero-order valence-electron chi connectivity index (χ0n) is 17.2. The van der Waals surface area contributed by atoms with E-state index in [1.165, 1.54) is 25.7 Å². The van der Waals surface area contributed by atoms with Crippen LogP contribution in [0.25, 0.3) is 0 Å². The highest BCUT2D eigenvalue weighted by Crippen LogP contribution is 2.23. The van der Waals surface area contributed by atoms with Crippen LogP contribution in [0.1, 0.15) is 57.9 Å². The van der Waals surface area contributed by atoms with Crippen LogP contribution in [0.15, 0.2) is 34.2 Å². The van der Waals surface area contributed by atoms with E-state index in [0.717, 1.165) is 30.9 Å². The van der Waals surface area contributed by atoms with Crippen LogP contribution in [0.5, 0.6) is 0 Å². The van der Waals surface area contributed by atoms with Gasteiger partial charge in [0, 0.05) is 25.7 Å². The lowest BCUT2D eigenvalue weighted by molar-refractivity contribution is 0.281. The van der Waals surface area contributed by atoms with Crippen LogP contribution in [0.4, 0.5) is 0 Å². The second kappa shape index (κ2) is 9.74. The molecule has 2 fully saturated rings. The zero-order chi connectivity index (χ0) is 20.0. The molecule has 2 N–H and O–H groups in total. The summed E-state index contributed by atoms with van der Waals surface area (Å²) in [7, 11) is -3.39. The van der Waals surface area contributed by atoms with Crippen molar-refractivity contribution in [2.45, 2.75) is 69.9 Å². The summed E-state index contributed by atoms with van der Waals surface area (Å²) in [6.45, 7) is 6.77. The van der Waals surface area contributed by atoms with Gasteiger partial charge < -0.3 is 10.6 Å². The topological polar surface area (TPSA) is 73.8 Å². The third kappa shape index (κ3) is 5.47. The zero-order valence-corrected chi connectivity index (χ0v) is 18.0. The second-order valence-electron chi connectivity index (χ2n) is 8.08. The van der Waals surface area contributed by atoms with E-state index < -0.39 is 10.0 Å². The van der Waals surface area contributed by atoms with Crippen molar-refractivity contribution in [3.63, 3.8) is 0 Å². The van der Waals surface area contributed by atoms with Gasteiger partial charge in [-0.05, 0) is 56.2 Å². The van der Waals surface area contributed by atoms with Gasteiger partial charge in [-0.25, -0.2) is 13.4 Å². The molecule has 1 saturated heterocycles. The van der Waals surface area contributed by atoms with Crippen molar-refractivity contribution in [1.29, 1.82) is 0 Å². The van der Waals surface area contributed by atoms with Gasteiger partial charge in [-0.1, -0.05) is 31.9 Å². The van der Waals surface area contributed by atoms with Crippen molar-refractivity contribution < 1.29 is 8.42 Å². The van der Waals surface area contributed by atoms with Crippen molar-refractivity contribution in [3.8, 4) is 0 Å². The van der Waals surface area contributed by atoms with Crippen LogP contribution in [0.2, 0.25) is 0 Å². The first-order valence-corrected chi connectivity index (χ1v) is 12.1. The molecule has 1 aliphatic carbocycles. The lowest BCUT2D eigenvalue weighted by Crippen LogP contribution is -2.42. The maximum Gasteiger partial charge on any atom is 0.243 e. The Labute approximate surface area is 169 Å². The number of benzene rings is 1. The van der Waals surface area contributed by atoms with Gasteiger partial charge in [0.05, 0.1) is 11.4 Å². The number of nitrogens with zero attached hydrogens (tertiary/aromatic N) is 2. The van der Waals surface area contributed by atoms with Gasteiger partial charge in [-0.15, -0.1) is 0 Å². The second-order valence-corrected chi connectivity index (χ2v) is 10.0. The minimum absolute atomic E-state index is 0.380. The fourth-order valence-electron chi connectivity index (χ4n) is 4.03. The molecule has 1 saturated carbocycles. The molecule has 1 aromatic rings. The van der Waals surface area contributed by atoms with E-state index in [9.17, 15) is 8.42 Å². The molecule has 0 bridgehead atoms. The number of sulfonamides is 1. The summed E-state index contributed by atoms with van der Waals surface area (Å²) in [5.74, 6) is 1.27. The number of nitrogens with one attached hydrogen (secondary N) is 2. The molecular weight excluding hydrogens is 372 g/mol. The Hall–Kier alpha value is -1.60. The summed E-state index contributed by atoms with van der Waals surface area (Å²) in [5, 5.41) is 6.81. The minimum Gasteiger partial charge on any atom is -0.357 e. The molecule has 2 aliphatic rings. The van der Waals surface area contributed by atoms with Crippen LogP contribution < -0.4 is 10.6 Å². The van der Waals surface area contributed by atoms with Gasteiger partial charge in [-0.3, -0.25) is 0 Å². The van der Waals surface area contributed by atoms with Crippen LogP contribution in [-0.2, 0) is 16.6 Å². The van der Waals surface area contributed by atoms with Crippen LogP contribution in [-0.4, -0.2) is 44.4 Å². The predicted octanol–water partition coefficient (Wildman–Crippen LogP) is 3.10. The van der Waals surface area contributed by atoms with Crippen LogP contribution in [0.3, 0.4) is 0 Å². The third-order valence-corrected chi connectivity index (χ3v) is 7.52. The highest BCUT2D eigenvalue weighted by molar-refractivity contribution is 7.89. The largest absolute Gasteiger partial charge is 0.357 e.